The van der Waals surface area contributed by atoms with E-state index in [-0.39, 0.29) is 17.7 Å². The Kier molecular flexibility index (Phi) is 4.83. The molecule has 0 fully saturated rings. The van der Waals surface area contributed by atoms with Gasteiger partial charge in [-0.2, -0.15) is 0 Å². The second-order valence-corrected chi connectivity index (χ2v) is 6.66. The molecule has 0 aliphatic carbocycles. The van der Waals surface area contributed by atoms with Crippen LogP contribution >= 0.6 is 27.3 Å². The summed E-state index contributed by atoms with van der Waals surface area (Å²) in [4.78, 5) is 15.5. The molecular formula is C15H16BrNO2S. The fourth-order valence-corrected chi connectivity index (χ4v) is 2.82. The number of hydrogen-bond acceptors (Lipinski definition) is 3. The molecule has 0 bridgehead atoms. The predicted octanol–water partition coefficient (Wildman–Crippen LogP) is 4.27. The molecule has 0 unspecified atom stereocenters. The number of rotatable bonds is 4. The number of benzene rings is 1. The van der Waals surface area contributed by atoms with Crippen molar-refractivity contribution < 1.29 is 9.90 Å². The lowest BCUT2D eigenvalue weighted by atomic mass is 10.1. The molecule has 1 heterocycles. The van der Waals surface area contributed by atoms with E-state index in [1.165, 1.54) is 6.07 Å². The van der Waals surface area contributed by atoms with Crippen molar-refractivity contribution in [3.05, 3.63) is 50.6 Å². The molecule has 1 N–H and O–H groups in total. The lowest BCUT2D eigenvalue weighted by molar-refractivity contribution is 0.0692. The third kappa shape index (κ3) is 3.41. The SMILES string of the molecule is CC(C)N(Cc1cccs1)C(=O)c1ccc(Br)c(O)c1. The Hall–Kier alpha value is -1.33. The first kappa shape index (κ1) is 15.1. The van der Waals surface area contributed by atoms with Crippen LogP contribution in [0.2, 0.25) is 0 Å². The van der Waals surface area contributed by atoms with E-state index < -0.39 is 0 Å². The van der Waals surface area contributed by atoms with Gasteiger partial charge in [-0.1, -0.05) is 6.07 Å². The largest absolute Gasteiger partial charge is 0.507 e. The second-order valence-electron chi connectivity index (χ2n) is 4.77. The van der Waals surface area contributed by atoms with Crippen LogP contribution in [-0.4, -0.2) is 22.0 Å². The summed E-state index contributed by atoms with van der Waals surface area (Å²) in [5.41, 5.74) is 0.496. The first-order valence-electron chi connectivity index (χ1n) is 6.31. The van der Waals surface area contributed by atoms with Crippen LogP contribution in [0.1, 0.15) is 29.1 Å². The lowest BCUT2D eigenvalue weighted by Crippen LogP contribution is -2.36. The van der Waals surface area contributed by atoms with Gasteiger partial charge in [0.1, 0.15) is 5.75 Å². The molecule has 1 aromatic carbocycles. The third-order valence-electron chi connectivity index (χ3n) is 2.98. The molecule has 2 aromatic rings. The monoisotopic (exact) mass is 353 g/mol. The van der Waals surface area contributed by atoms with Crippen molar-refractivity contribution >= 4 is 33.2 Å². The zero-order valence-corrected chi connectivity index (χ0v) is 13.7. The maximum absolute atomic E-state index is 12.6. The van der Waals surface area contributed by atoms with Gasteiger partial charge in [-0.25, -0.2) is 0 Å². The van der Waals surface area contributed by atoms with Crippen LogP contribution < -0.4 is 0 Å². The maximum atomic E-state index is 12.6. The molecule has 106 valence electrons. The first-order valence-corrected chi connectivity index (χ1v) is 7.98. The van der Waals surface area contributed by atoms with Crippen molar-refractivity contribution in [3.8, 4) is 5.75 Å². The predicted molar refractivity (Wildman–Crippen MR) is 85.1 cm³/mol. The number of hydrogen-bond donors (Lipinski definition) is 1. The smallest absolute Gasteiger partial charge is 0.254 e. The van der Waals surface area contributed by atoms with Crippen molar-refractivity contribution in [1.82, 2.24) is 4.90 Å². The van der Waals surface area contributed by atoms with Gasteiger partial charge in [0, 0.05) is 16.5 Å². The number of nitrogens with zero attached hydrogens (tertiary/aromatic N) is 1. The van der Waals surface area contributed by atoms with E-state index in [4.69, 9.17) is 0 Å². The second kappa shape index (κ2) is 6.41. The van der Waals surface area contributed by atoms with Gasteiger partial charge in [0.25, 0.3) is 5.91 Å². The van der Waals surface area contributed by atoms with Crippen LogP contribution in [-0.2, 0) is 6.54 Å². The summed E-state index contributed by atoms with van der Waals surface area (Å²) in [7, 11) is 0. The Labute approximate surface area is 131 Å². The molecule has 0 aliphatic rings. The molecule has 2 rings (SSSR count). The van der Waals surface area contributed by atoms with E-state index in [1.807, 2.05) is 31.4 Å². The quantitative estimate of drug-likeness (QED) is 0.891. The summed E-state index contributed by atoms with van der Waals surface area (Å²) >= 11 is 4.86. The number of phenolic OH excluding ortho intramolecular Hbond substituents is 1. The Morgan fingerprint density at radius 2 is 2.15 bits per heavy atom. The average Bonchev–Trinajstić information content (AvgIpc) is 2.91. The van der Waals surface area contributed by atoms with Crippen molar-refractivity contribution in [1.29, 1.82) is 0 Å². The molecule has 0 saturated carbocycles. The number of carbonyl (C=O) groups is 1. The minimum atomic E-state index is -0.0730. The average molecular weight is 354 g/mol. The molecule has 0 atom stereocenters. The lowest BCUT2D eigenvalue weighted by Gasteiger charge is -2.26. The van der Waals surface area contributed by atoms with Crippen LogP contribution in [0.25, 0.3) is 0 Å². The Morgan fingerprint density at radius 3 is 2.70 bits per heavy atom. The minimum Gasteiger partial charge on any atom is -0.507 e. The van der Waals surface area contributed by atoms with Gasteiger partial charge >= 0.3 is 0 Å². The van der Waals surface area contributed by atoms with E-state index in [2.05, 4.69) is 15.9 Å². The highest BCUT2D eigenvalue weighted by Crippen LogP contribution is 2.26. The number of halogens is 1. The molecule has 20 heavy (non-hydrogen) atoms. The fraction of sp³-hybridized carbons (Fsp3) is 0.267. The molecule has 5 heteroatoms. The van der Waals surface area contributed by atoms with Gasteiger partial charge in [-0.3, -0.25) is 4.79 Å². The summed E-state index contributed by atoms with van der Waals surface area (Å²) in [6, 6.07) is 8.99. The standard InChI is InChI=1S/C15H16BrNO2S/c1-10(2)17(9-12-4-3-7-20-12)15(19)11-5-6-13(16)14(18)8-11/h3-8,10,18H,9H2,1-2H3. The molecule has 0 radical (unpaired) electrons. The third-order valence-corrected chi connectivity index (χ3v) is 4.52. The molecular weight excluding hydrogens is 338 g/mol. The molecule has 0 aliphatic heterocycles. The molecule has 0 spiro atoms. The van der Waals surface area contributed by atoms with E-state index in [0.29, 0.717) is 16.6 Å². The maximum Gasteiger partial charge on any atom is 0.254 e. The van der Waals surface area contributed by atoms with Crippen LogP contribution in [0.4, 0.5) is 0 Å². The number of carbonyl (C=O) groups excluding carboxylic acids is 1. The van der Waals surface area contributed by atoms with Gasteiger partial charge in [-0.15, -0.1) is 11.3 Å². The van der Waals surface area contributed by atoms with Crippen LogP contribution in [0.15, 0.2) is 40.2 Å². The molecule has 1 aromatic heterocycles. The Bertz CT molecular complexity index is 596. The minimum absolute atomic E-state index is 0.0730. The van der Waals surface area contributed by atoms with Crippen LogP contribution in [0.3, 0.4) is 0 Å². The van der Waals surface area contributed by atoms with Gasteiger partial charge in [-0.05, 0) is 59.4 Å². The highest BCUT2D eigenvalue weighted by atomic mass is 79.9. The zero-order chi connectivity index (χ0) is 14.7. The first-order chi connectivity index (χ1) is 9.49. The highest BCUT2D eigenvalue weighted by molar-refractivity contribution is 9.10. The van der Waals surface area contributed by atoms with E-state index in [1.54, 1.807) is 28.4 Å². The van der Waals surface area contributed by atoms with Crippen molar-refractivity contribution in [3.63, 3.8) is 0 Å². The number of amides is 1. The van der Waals surface area contributed by atoms with Crippen LogP contribution in [0, 0.1) is 0 Å². The Morgan fingerprint density at radius 1 is 1.40 bits per heavy atom. The summed E-state index contributed by atoms with van der Waals surface area (Å²) in [6.07, 6.45) is 0. The van der Waals surface area contributed by atoms with Gasteiger partial charge < -0.3 is 10.0 Å². The van der Waals surface area contributed by atoms with E-state index >= 15 is 0 Å². The summed E-state index contributed by atoms with van der Waals surface area (Å²) < 4.78 is 0.586. The summed E-state index contributed by atoms with van der Waals surface area (Å²) in [6.45, 7) is 4.57. The summed E-state index contributed by atoms with van der Waals surface area (Å²) in [5, 5.41) is 11.7. The molecule has 0 saturated heterocycles. The number of aromatic hydroxyl groups is 1. The van der Waals surface area contributed by atoms with E-state index in [0.717, 1.165) is 4.88 Å². The van der Waals surface area contributed by atoms with Gasteiger partial charge in [0.05, 0.1) is 11.0 Å². The fourth-order valence-electron chi connectivity index (χ4n) is 1.87. The number of thiophene rings is 1. The molecule has 1 amide bonds. The van der Waals surface area contributed by atoms with Gasteiger partial charge in [0.15, 0.2) is 0 Å². The number of phenols is 1. The highest BCUT2D eigenvalue weighted by Gasteiger charge is 2.20. The normalized spacial score (nSPS) is 10.8. The van der Waals surface area contributed by atoms with Crippen LogP contribution in [0.5, 0.6) is 5.75 Å². The summed E-state index contributed by atoms with van der Waals surface area (Å²) in [5.74, 6) is 0.00637. The zero-order valence-electron chi connectivity index (χ0n) is 11.3. The van der Waals surface area contributed by atoms with Gasteiger partial charge in [0.2, 0.25) is 0 Å². The Balaban J connectivity index is 2.24. The van der Waals surface area contributed by atoms with Crippen molar-refractivity contribution in [2.24, 2.45) is 0 Å². The van der Waals surface area contributed by atoms with Crippen molar-refractivity contribution in [2.45, 2.75) is 26.4 Å². The molecule has 3 nitrogen and oxygen atoms in total. The van der Waals surface area contributed by atoms with Crippen molar-refractivity contribution in [2.75, 3.05) is 0 Å². The topological polar surface area (TPSA) is 40.5 Å². The van der Waals surface area contributed by atoms with E-state index in [9.17, 15) is 9.90 Å².